The van der Waals surface area contributed by atoms with Gasteiger partial charge in [-0.25, -0.2) is 0 Å². The van der Waals surface area contributed by atoms with Gasteiger partial charge in [-0.05, 0) is 62.9 Å². The molecule has 0 bridgehead atoms. The third-order valence-corrected chi connectivity index (χ3v) is 6.25. The summed E-state index contributed by atoms with van der Waals surface area (Å²) < 4.78 is 6.89. The van der Waals surface area contributed by atoms with Gasteiger partial charge in [-0.1, -0.05) is 18.6 Å². The van der Waals surface area contributed by atoms with Gasteiger partial charge in [0, 0.05) is 24.2 Å². The largest absolute Gasteiger partial charge is 0.507 e. The van der Waals surface area contributed by atoms with Crippen LogP contribution in [-0.2, 0) is 11.3 Å². The summed E-state index contributed by atoms with van der Waals surface area (Å²) in [4.78, 5) is 16.9. The number of likely N-dealkylation sites (tertiary alicyclic amines) is 1. The average molecular weight is 403 g/mol. The minimum atomic E-state index is -0.238. The fraction of sp³-hybridized carbons (Fsp3) is 0.500. The summed E-state index contributed by atoms with van der Waals surface area (Å²) in [6, 6.07) is 9.82. The molecule has 1 atom stereocenters. The van der Waals surface area contributed by atoms with Crippen LogP contribution in [0, 0.1) is 6.92 Å². The monoisotopic (exact) mass is 402 g/mol. The predicted octanol–water partition coefficient (Wildman–Crippen LogP) is 3.81. The number of rotatable bonds is 7. The molecule has 1 aliphatic heterocycles. The van der Waals surface area contributed by atoms with E-state index in [0.717, 1.165) is 37.2 Å². The Morgan fingerprint density at radius 2 is 1.86 bits per heavy atom. The van der Waals surface area contributed by atoms with Crippen molar-refractivity contribution in [2.24, 2.45) is 0 Å². The molecule has 3 rings (SSSR count). The van der Waals surface area contributed by atoms with Crippen molar-refractivity contribution in [1.29, 1.82) is 0 Å². The van der Waals surface area contributed by atoms with E-state index in [1.807, 2.05) is 6.92 Å². The Labute approximate surface area is 171 Å². The number of benzene rings is 1. The highest BCUT2D eigenvalue weighted by atomic mass is 32.2. The maximum atomic E-state index is 13.4. The molecule has 0 spiro atoms. The summed E-state index contributed by atoms with van der Waals surface area (Å²) in [6.45, 7) is 4.65. The summed E-state index contributed by atoms with van der Waals surface area (Å²) in [6.07, 6.45) is 5.50. The van der Waals surface area contributed by atoms with Gasteiger partial charge in [-0.15, -0.1) is 11.8 Å². The van der Waals surface area contributed by atoms with Crippen LogP contribution < -0.4 is 5.56 Å². The van der Waals surface area contributed by atoms with E-state index in [1.54, 1.807) is 29.5 Å². The number of hydrogen-bond acceptors (Lipinski definition) is 5. The van der Waals surface area contributed by atoms with Crippen LogP contribution >= 0.6 is 11.8 Å². The molecular weight excluding hydrogens is 372 g/mol. The molecule has 2 aromatic rings. The van der Waals surface area contributed by atoms with E-state index < -0.39 is 0 Å². The molecule has 1 N–H and O–H groups in total. The standard InChI is InChI=1S/C22H30N2O3S/c1-16-15-19(25)20(22(26)24(16)13-14-27-2)21(23-11-5-4-6-12-23)17-7-9-18(28-3)10-8-17/h7-10,15,21,25H,4-6,11-14H2,1-3H3/t21-/m1/s1. The lowest BCUT2D eigenvalue weighted by Crippen LogP contribution is -2.39. The van der Waals surface area contributed by atoms with Crippen LogP contribution in [0.4, 0.5) is 0 Å². The Kier molecular flexibility index (Phi) is 7.21. The van der Waals surface area contributed by atoms with Crippen LogP contribution in [0.2, 0.25) is 0 Å². The van der Waals surface area contributed by atoms with E-state index in [0.29, 0.717) is 18.7 Å². The fourth-order valence-electron chi connectivity index (χ4n) is 4.01. The first-order valence-corrected chi connectivity index (χ1v) is 11.1. The van der Waals surface area contributed by atoms with Crippen LogP contribution in [0.5, 0.6) is 5.75 Å². The van der Waals surface area contributed by atoms with Crippen LogP contribution in [-0.4, -0.2) is 47.6 Å². The molecule has 1 saturated heterocycles. The first kappa shape index (κ1) is 21.0. The minimum absolute atomic E-state index is 0.0840. The average Bonchev–Trinajstić information content (AvgIpc) is 2.71. The van der Waals surface area contributed by atoms with E-state index in [4.69, 9.17) is 4.74 Å². The van der Waals surface area contributed by atoms with Crippen LogP contribution in [0.15, 0.2) is 40.0 Å². The number of aromatic nitrogens is 1. The molecule has 0 saturated carbocycles. The normalized spacial score (nSPS) is 16.2. The number of thioether (sulfide) groups is 1. The van der Waals surface area contributed by atoms with Gasteiger partial charge in [0.2, 0.25) is 0 Å². The summed E-state index contributed by atoms with van der Waals surface area (Å²) in [5, 5.41) is 10.8. The van der Waals surface area contributed by atoms with Crippen molar-refractivity contribution in [2.45, 2.75) is 43.7 Å². The minimum Gasteiger partial charge on any atom is -0.507 e. The van der Waals surface area contributed by atoms with E-state index in [-0.39, 0.29) is 17.4 Å². The molecular formula is C22H30N2O3S. The molecule has 1 aliphatic rings. The zero-order valence-corrected chi connectivity index (χ0v) is 17.8. The first-order valence-electron chi connectivity index (χ1n) is 9.87. The maximum Gasteiger partial charge on any atom is 0.259 e. The summed E-state index contributed by atoms with van der Waals surface area (Å²) >= 11 is 1.70. The molecule has 28 heavy (non-hydrogen) atoms. The molecule has 1 aromatic heterocycles. The Bertz CT molecular complexity index is 842. The summed E-state index contributed by atoms with van der Waals surface area (Å²) in [5.41, 5.74) is 2.15. The molecule has 2 heterocycles. The van der Waals surface area contributed by atoms with Crippen molar-refractivity contribution < 1.29 is 9.84 Å². The molecule has 5 nitrogen and oxygen atoms in total. The number of aromatic hydroxyl groups is 1. The highest BCUT2D eigenvalue weighted by Crippen LogP contribution is 2.35. The summed E-state index contributed by atoms with van der Waals surface area (Å²) in [5.74, 6) is 0.0840. The number of methoxy groups -OCH3 is 1. The van der Waals surface area contributed by atoms with Gasteiger partial charge in [-0.3, -0.25) is 9.69 Å². The fourth-order valence-corrected chi connectivity index (χ4v) is 4.42. The van der Waals surface area contributed by atoms with Gasteiger partial charge < -0.3 is 14.4 Å². The topological polar surface area (TPSA) is 54.7 Å². The van der Waals surface area contributed by atoms with Gasteiger partial charge in [-0.2, -0.15) is 0 Å². The van der Waals surface area contributed by atoms with Crippen LogP contribution in [0.3, 0.4) is 0 Å². The Balaban J connectivity index is 2.12. The second-order valence-electron chi connectivity index (χ2n) is 7.31. The Hall–Kier alpha value is -1.76. The number of nitrogens with zero attached hydrogens (tertiary/aromatic N) is 2. The van der Waals surface area contributed by atoms with Crippen molar-refractivity contribution in [1.82, 2.24) is 9.47 Å². The smallest absolute Gasteiger partial charge is 0.259 e. The molecule has 0 radical (unpaired) electrons. The van der Waals surface area contributed by atoms with Crippen LogP contribution in [0.1, 0.15) is 42.1 Å². The zero-order chi connectivity index (χ0) is 20.1. The quantitative estimate of drug-likeness (QED) is 0.714. The number of piperidine rings is 1. The molecule has 1 fully saturated rings. The van der Waals surface area contributed by atoms with Gasteiger partial charge in [0.25, 0.3) is 5.56 Å². The second-order valence-corrected chi connectivity index (χ2v) is 8.19. The van der Waals surface area contributed by atoms with Crippen molar-refractivity contribution in [3.05, 3.63) is 57.5 Å². The molecule has 6 heteroatoms. The van der Waals surface area contributed by atoms with Gasteiger partial charge in [0.15, 0.2) is 0 Å². The van der Waals surface area contributed by atoms with Crippen molar-refractivity contribution >= 4 is 11.8 Å². The van der Waals surface area contributed by atoms with E-state index in [2.05, 4.69) is 35.4 Å². The second kappa shape index (κ2) is 9.63. The Morgan fingerprint density at radius 1 is 1.18 bits per heavy atom. The van der Waals surface area contributed by atoms with E-state index >= 15 is 0 Å². The highest BCUT2D eigenvalue weighted by molar-refractivity contribution is 7.98. The number of ether oxygens (including phenoxy) is 1. The van der Waals surface area contributed by atoms with Crippen molar-refractivity contribution in [3.63, 3.8) is 0 Å². The lowest BCUT2D eigenvalue weighted by molar-refractivity contribution is 0.178. The third-order valence-electron chi connectivity index (χ3n) is 5.50. The van der Waals surface area contributed by atoms with Crippen molar-refractivity contribution in [3.8, 4) is 5.75 Å². The number of aryl methyl sites for hydroxylation is 1. The van der Waals surface area contributed by atoms with Crippen molar-refractivity contribution in [2.75, 3.05) is 33.1 Å². The van der Waals surface area contributed by atoms with Gasteiger partial charge in [0.05, 0.1) is 18.2 Å². The first-order chi connectivity index (χ1) is 13.6. The van der Waals surface area contributed by atoms with E-state index in [9.17, 15) is 9.90 Å². The zero-order valence-electron chi connectivity index (χ0n) is 17.0. The lowest BCUT2D eigenvalue weighted by Gasteiger charge is -2.35. The van der Waals surface area contributed by atoms with Crippen LogP contribution in [0.25, 0.3) is 0 Å². The Morgan fingerprint density at radius 3 is 2.46 bits per heavy atom. The lowest BCUT2D eigenvalue weighted by atomic mass is 9.94. The van der Waals surface area contributed by atoms with Gasteiger partial charge in [0.1, 0.15) is 5.75 Å². The number of pyridine rings is 1. The summed E-state index contributed by atoms with van der Waals surface area (Å²) in [7, 11) is 1.63. The molecule has 0 aliphatic carbocycles. The van der Waals surface area contributed by atoms with Gasteiger partial charge >= 0.3 is 0 Å². The molecule has 152 valence electrons. The maximum absolute atomic E-state index is 13.4. The molecule has 1 aromatic carbocycles. The predicted molar refractivity (Wildman–Crippen MR) is 114 cm³/mol. The van der Waals surface area contributed by atoms with E-state index in [1.165, 1.54) is 11.3 Å². The highest BCUT2D eigenvalue weighted by Gasteiger charge is 2.30. The SMILES string of the molecule is COCCn1c(C)cc(O)c([C@@H](c2ccc(SC)cc2)N2CCCCC2)c1=O. The molecule has 0 amide bonds. The molecule has 0 unspecified atom stereocenters. The number of hydrogen-bond donors (Lipinski definition) is 1. The third kappa shape index (κ3) is 4.45.